The molecule has 18 heavy (non-hydrogen) atoms. The van der Waals surface area contributed by atoms with Crippen LogP contribution in [0.2, 0.25) is 0 Å². The van der Waals surface area contributed by atoms with Gasteiger partial charge in [-0.25, -0.2) is 4.98 Å². The van der Waals surface area contributed by atoms with Crippen LogP contribution in [0.25, 0.3) is 0 Å². The van der Waals surface area contributed by atoms with Gasteiger partial charge in [-0.15, -0.1) is 0 Å². The zero-order chi connectivity index (χ0) is 12.8. The average molecular weight is 252 g/mol. The lowest BCUT2D eigenvalue weighted by Crippen LogP contribution is -2.46. The third-order valence-electron chi connectivity index (χ3n) is 2.81. The van der Waals surface area contributed by atoms with Crippen LogP contribution in [0, 0.1) is 0 Å². The molecule has 1 aromatic rings. The van der Waals surface area contributed by atoms with E-state index in [1.54, 1.807) is 6.20 Å². The van der Waals surface area contributed by atoms with E-state index in [1.165, 1.54) is 0 Å². The summed E-state index contributed by atoms with van der Waals surface area (Å²) in [5.74, 6) is 1.21. The molecule has 1 aliphatic heterocycles. The van der Waals surface area contributed by atoms with E-state index in [4.69, 9.17) is 14.2 Å². The molecule has 1 fully saturated rings. The van der Waals surface area contributed by atoms with Crippen molar-refractivity contribution in [2.24, 2.45) is 0 Å². The van der Waals surface area contributed by atoms with E-state index in [9.17, 15) is 0 Å². The molecule has 1 N–H and O–H groups in total. The number of hydrogen-bond acceptors (Lipinski definition) is 5. The summed E-state index contributed by atoms with van der Waals surface area (Å²) < 4.78 is 17.0. The molecule has 0 aliphatic carbocycles. The predicted molar refractivity (Wildman–Crippen MR) is 68.1 cm³/mol. The Labute approximate surface area is 107 Å². The Morgan fingerprint density at radius 2 is 2.50 bits per heavy atom. The van der Waals surface area contributed by atoms with Crippen LogP contribution in [0.1, 0.15) is 13.8 Å². The summed E-state index contributed by atoms with van der Waals surface area (Å²) in [6.07, 6.45) is 1.72. The van der Waals surface area contributed by atoms with Crippen LogP contribution >= 0.6 is 0 Å². The maximum Gasteiger partial charge on any atom is 0.256 e. The number of nitrogens with zero attached hydrogens (tertiary/aromatic N) is 1. The van der Waals surface area contributed by atoms with Crippen LogP contribution in [0.15, 0.2) is 18.3 Å². The molecule has 2 atom stereocenters. The van der Waals surface area contributed by atoms with Crippen molar-refractivity contribution in [1.29, 1.82) is 0 Å². The van der Waals surface area contributed by atoms with Crippen molar-refractivity contribution < 1.29 is 14.2 Å². The molecule has 2 rings (SSSR count). The highest BCUT2D eigenvalue weighted by Crippen LogP contribution is 2.25. The molecule has 5 nitrogen and oxygen atoms in total. The number of hydrogen-bond donors (Lipinski definition) is 1. The van der Waals surface area contributed by atoms with Crippen molar-refractivity contribution in [2.75, 3.05) is 26.3 Å². The topological polar surface area (TPSA) is 52.6 Å². The molecule has 0 unspecified atom stereocenters. The van der Waals surface area contributed by atoms with Gasteiger partial charge in [-0.1, -0.05) is 0 Å². The third-order valence-corrected chi connectivity index (χ3v) is 2.81. The SMILES string of the molecule is CCOc1ncccc1O[C@@H](C)[C@@H]1CNCCO1. The summed E-state index contributed by atoms with van der Waals surface area (Å²) in [4.78, 5) is 4.16. The first kappa shape index (κ1) is 13.1. The highest BCUT2D eigenvalue weighted by molar-refractivity contribution is 5.32. The van der Waals surface area contributed by atoms with Gasteiger partial charge in [0, 0.05) is 19.3 Å². The maximum absolute atomic E-state index is 5.88. The van der Waals surface area contributed by atoms with Gasteiger partial charge in [0.25, 0.3) is 5.88 Å². The second-order valence-electron chi connectivity index (χ2n) is 4.18. The Balaban J connectivity index is 1.99. The number of pyridine rings is 1. The molecular weight excluding hydrogens is 232 g/mol. The van der Waals surface area contributed by atoms with Crippen molar-refractivity contribution in [3.63, 3.8) is 0 Å². The molecular formula is C13H20N2O3. The minimum absolute atomic E-state index is 0.0405. The second kappa shape index (κ2) is 6.56. The highest BCUT2D eigenvalue weighted by atomic mass is 16.6. The van der Waals surface area contributed by atoms with Gasteiger partial charge in [0.05, 0.1) is 13.2 Å². The smallest absolute Gasteiger partial charge is 0.256 e. The van der Waals surface area contributed by atoms with Crippen LogP contribution in [0.4, 0.5) is 0 Å². The monoisotopic (exact) mass is 252 g/mol. The number of aromatic nitrogens is 1. The van der Waals surface area contributed by atoms with Gasteiger partial charge in [0.1, 0.15) is 12.2 Å². The van der Waals surface area contributed by atoms with Crippen molar-refractivity contribution in [3.05, 3.63) is 18.3 Å². The molecule has 1 aliphatic rings. The standard InChI is InChI=1S/C13H20N2O3/c1-3-16-13-11(5-4-6-15-13)18-10(2)12-9-14-7-8-17-12/h4-6,10,12,14H,3,7-9H2,1-2H3/t10-,12-/m0/s1. The zero-order valence-corrected chi connectivity index (χ0v) is 10.9. The minimum atomic E-state index is -0.0405. The largest absolute Gasteiger partial charge is 0.482 e. The van der Waals surface area contributed by atoms with E-state index >= 15 is 0 Å². The molecule has 0 radical (unpaired) electrons. The third kappa shape index (κ3) is 3.34. The van der Waals surface area contributed by atoms with Crippen molar-refractivity contribution in [2.45, 2.75) is 26.1 Å². The van der Waals surface area contributed by atoms with E-state index < -0.39 is 0 Å². The summed E-state index contributed by atoms with van der Waals surface area (Å²) >= 11 is 0. The molecule has 0 amide bonds. The number of ether oxygens (including phenoxy) is 3. The molecule has 0 aromatic carbocycles. The van der Waals surface area contributed by atoms with Gasteiger partial charge < -0.3 is 19.5 Å². The van der Waals surface area contributed by atoms with E-state index in [1.807, 2.05) is 26.0 Å². The predicted octanol–water partition coefficient (Wildman–Crippen LogP) is 1.24. The van der Waals surface area contributed by atoms with Crippen LogP contribution in [0.3, 0.4) is 0 Å². The van der Waals surface area contributed by atoms with Crippen LogP contribution in [-0.4, -0.2) is 43.5 Å². The first-order valence-corrected chi connectivity index (χ1v) is 6.38. The molecule has 0 saturated carbocycles. The fourth-order valence-corrected chi connectivity index (χ4v) is 1.87. The average Bonchev–Trinajstić information content (AvgIpc) is 2.42. The van der Waals surface area contributed by atoms with Gasteiger partial charge in [0.2, 0.25) is 0 Å². The fraction of sp³-hybridized carbons (Fsp3) is 0.615. The van der Waals surface area contributed by atoms with Crippen molar-refractivity contribution >= 4 is 0 Å². The molecule has 0 bridgehead atoms. The number of morpholine rings is 1. The van der Waals surface area contributed by atoms with Gasteiger partial charge in [0.15, 0.2) is 5.75 Å². The van der Waals surface area contributed by atoms with Crippen LogP contribution in [-0.2, 0) is 4.74 Å². The fourth-order valence-electron chi connectivity index (χ4n) is 1.87. The lowest BCUT2D eigenvalue weighted by Gasteiger charge is -2.29. The second-order valence-corrected chi connectivity index (χ2v) is 4.18. The summed E-state index contributed by atoms with van der Waals surface area (Å²) in [7, 11) is 0. The Hall–Kier alpha value is -1.33. The number of nitrogens with one attached hydrogen (secondary N) is 1. The Bertz CT molecular complexity index is 367. The van der Waals surface area contributed by atoms with E-state index in [-0.39, 0.29) is 12.2 Å². The normalized spacial score (nSPS) is 21.3. The quantitative estimate of drug-likeness (QED) is 0.854. The highest BCUT2D eigenvalue weighted by Gasteiger charge is 2.23. The molecule has 1 saturated heterocycles. The summed E-state index contributed by atoms with van der Waals surface area (Å²) in [6.45, 7) is 6.94. The van der Waals surface area contributed by atoms with Crippen molar-refractivity contribution in [1.82, 2.24) is 10.3 Å². The van der Waals surface area contributed by atoms with Crippen molar-refractivity contribution in [3.8, 4) is 11.6 Å². The van der Waals surface area contributed by atoms with Gasteiger partial charge in [-0.2, -0.15) is 0 Å². The molecule has 5 heteroatoms. The van der Waals surface area contributed by atoms with E-state index in [0.29, 0.717) is 18.2 Å². The van der Waals surface area contributed by atoms with Gasteiger partial charge >= 0.3 is 0 Å². The van der Waals surface area contributed by atoms with E-state index in [0.717, 1.165) is 19.7 Å². The molecule has 1 aromatic heterocycles. The zero-order valence-electron chi connectivity index (χ0n) is 10.9. The Kier molecular flexibility index (Phi) is 4.78. The van der Waals surface area contributed by atoms with E-state index in [2.05, 4.69) is 10.3 Å². The molecule has 0 spiro atoms. The van der Waals surface area contributed by atoms with Crippen LogP contribution in [0.5, 0.6) is 11.6 Å². The molecule has 2 heterocycles. The van der Waals surface area contributed by atoms with Gasteiger partial charge in [-0.05, 0) is 26.0 Å². The summed E-state index contributed by atoms with van der Waals surface area (Å²) in [6, 6.07) is 3.70. The molecule has 100 valence electrons. The Morgan fingerprint density at radius 3 is 3.22 bits per heavy atom. The lowest BCUT2D eigenvalue weighted by atomic mass is 10.2. The lowest BCUT2D eigenvalue weighted by molar-refractivity contribution is -0.0358. The number of rotatable bonds is 5. The maximum atomic E-state index is 5.88. The first-order valence-electron chi connectivity index (χ1n) is 6.38. The van der Waals surface area contributed by atoms with Crippen LogP contribution < -0.4 is 14.8 Å². The summed E-state index contributed by atoms with van der Waals surface area (Å²) in [5.41, 5.74) is 0. The Morgan fingerprint density at radius 1 is 1.61 bits per heavy atom. The van der Waals surface area contributed by atoms with Gasteiger partial charge in [-0.3, -0.25) is 0 Å². The first-order chi connectivity index (χ1) is 8.81. The minimum Gasteiger partial charge on any atom is -0.482 e. The summed E-state index contributed by atoms with van der Waals surface area (Å²) in [5, 5.41) is 3.29.